The van der Waals surface area contributed by atoms with Crippen LogP contribution < -0.4 is 5.32 Å². The highest BCUT2D eigenvalue weighted by molar-refractivity contribution is 5.85. The monoisotopic (exact) mass is 367 g/mol. The minimum Gasteiger partial charge on any atom is -0.314 e. The van der Waals surface area contributed by atoms with Gasteiger partial charge in [0.05, 0.1) is 4.92 Å². The summed E-state index contributed by atoms with van der Waals surface area (Å²) in [4.78, 5) is 12.7. The number of nitro benzene ring substituents is 1. The summed E-state index contributed by atoms with van der Waals surface area (Å²) in [7, 11) is 0. The van der Waals surface area contributed by atoms with Crippen LogP contribution in [0.15, 0.2) is 18.2 Å². The van der Waals surface area contributed by atoms with E-state index in [1.165, 1.54) is 18.2 Å². The summed E-state index contributed by atoms with van der Waals surface area (Å²) in [6, 6.07) is 3.72. The average molecular weight is 368 g/mol. The van der Waals surface area contributed by atoms with E-state index in [2.05, 4.69) is 24.1 Å². The Morgan fingerprint density at radius 3 is 2.48 bits per heavy atom. The molecule has 5 nitrogen and oxygen atoms in total. The second-order valence-corrected chi connectivity index (χ2v) is 5.58. The van der Waals surface area contributed by atoms with E-state index in [9.17, 15) is 14.5 Å². The van der Waals surface area contributed by atoms with Gasteiger partial charge in [-0.3, -0.25) is 15.0 Å². The molecule has 0 radical (unpaired) electrons. The van der Waals surface area contributed by atoms with Crippen LogP contribution in [-0.4, -0.2) is 36.0 Å². The molecule has 1 unspecified atom stereocenters. The summed E-state index contributed by atoms with van der Waals surface area (Å²) < 4.78 is 14.3. The van der Waals surface area contributed by atoms with Crippen molar-refractivity contribution in [3.8, 4) is 0 Å². The third-order valence-corrected chi connectivity index (χ3v) is 4.24. The van der Waals surface area contributed by atoms with Gasteiger partial charge in [0.1, 0.15) is 5.82 Å². The van der Waals surface area contributed by atoms with Crippen molar-refractivity contribution < 1.29 is 9.31 Å². The molecular weight excluding hydrogens is 344 g/mol. The zero-order valence-electron chi connectivity index (χ0n) is 13.3. The molecule has 0 saturated carbocycles. The van der Waals surface area contributed by atoms with Gasteiger partial charge in [-0.05, 0) is 12.0 Å². The maximum atomic E-state index is 14.3. The molecule has 0 aromatic heterocycles. The topological polar surface area (TPSA) is 58.4 Å². The van der Waals surface area contributed by atoms with Crippen LogP contribution in [0.2, 0.25) is 0 Å². The quantitative estimate of drug-likeness (QED) is 0.638. The van der Waals surface area contributed by atoms with E-state index in [0.717, 1.165) is 32.6 Å². The van der Waals surface area contributed by atoms with E-state index in [0.29, 0.717) is 5.56 Å². The number of nitrogens with zero attached hydrogens (tertiary/aromatic N) is 2. The Balaban J connectivity index is 0.00000242. The van der Waals surface area contributed by atoms with Crippen molar-refractivity contribution in [2.24, 2.45) is 5.92 Å². The van der Waals surface area contributed by atoms with Crippen molar-refractivity contribution in [3.63, 3.8) is 0 Å². The molecule has 1 saturated heterocycles. The molecule has 2 rings (SSSR count). The minimum absolute atomic E-state index is 0. The van der Waals surface area contributed by atoms with Crippen molar-refractivity contribution in [3.05, 3.63) is 39.7 Å². The number of rotatable bonds is 5. The molecule has 2 atom stereocenters. The molecule has 1 N–H and O–H groups in total. The largest absolute Gasteiger partial charge is 0.314 e. The lowest BCUT2D eigenvalue weighted by Crippen LogP contribution is -2.46. The van der Waals surface area contributed by atoms with Crippen molar-refractivity contribution in [1.29, 1.82) is 0 Å². The van der Waals surface area contributed by atoms with Crippen LogP contribution in [0.3, 0.4) is 0 Å². The highest BCUT2D eigenvalue weighted by atomic mass is 35.5. The normalized spacial score (nSPS) is 17.5. The highest BCUT2D eigenvalue weighted by Gasteiger charge is 2.29. The Morgan fingerprint density at radius 1 is 1.35 bits per heavy atom. The summed E-state index contributed by atoms with van der Waals surface area (Å²) >= 11 is 0. The second-order valence-electron chi connectivity index (χ2n) is 5.58. The molecule has 1 aromatic rings. The van der Waals surface area contributed by atoms with Crippen LogP contribution in [0.5, 0.6) is 0 Å². The number of nitrogens with one attached hydrogen (secondary N) is 1. The predicted molar refractivity (Wildman–Crippen MR) is 94.2 cm³/mol. The summed E-state index contributed by atoms with van der Waals surface area (Å²) in [6.45, 7) is 7.53. The molecule has 23 heavy (non-hydrogen) atoms. The Hall–Kier alpha value is -0.950. The van der Waals surface area contributed by atoms with Gasteiger partial charge in [0, 0.05) is 49.9 Å². The number of non-ortho nitro benzene ring substituents is 1. The molecule has 1 aliphatic rings. The van der Waals surface area contributed by atoms with Crippen molar-refractivity contribution in [2.45, 2.75) is 26.3 Å². The molecule has 1 heterocycles. The highest BCUT2D eigenvalue weighted by Crippen LogP contribution is 2.34. The minimum atomic E-state index is -0.464. The van der Waals surface area contributed by atoms with E-state index in [1.807, 2.05) is 0 Å². The number of hydrogen-bond acceptors (Lipinski definition) is 4. The lowest BCUT2D eigenvalue weighted by molar-refractivity contribution is -0.385. The van der Waals surface area contributed by atoms with Crippen LogP contribution in [0.1, 0.15) is 31.9 Å². The Labute approximate surface area is 148 Å². The summed E-state index contributed by atoms with van der Waals surface area (Å²) in [5.74, 6) is -0.121. The van der Waals surface area contributed by atoms with Crippen LogP contribution in [-0.2, 0) is 0 Å². The van der Waals surface area contributed by atoms with Crippen molar-refractivity contribution in [2.75, 3.05) is 26.2 Å². The first-order chi connectivity index (χ1) is 10.0. The lowest BCUT2D eigenvalue weighted by atomic mass is 9.90. The molecular formula is C15H24Cl2FN3O2. The van der Waals surface area contributed by atoms with Crippen molar-refractivity contribution >= 4 is 30.5 Å². The average Bonchev–Trinajstić information content (AvgIpc) is 2.50. The molecule has 8 heteroatoms. The van der Waals surface area contributed by atoms with Crippen molar-refractivity contribution in [1.82, 2.24) is 10.2 Å². The van der Waals surface area contributed by atoms with Gasteiger partial charge in [-0.15, -0.1) is 24.8 Å². The van der Waals surface area contributed by atoms with Gasteiger partial charge in [0.25, 0.3) is 5.69 Å². The standard InChI is InChI=1S/C15H22FN3O2.2ClH/c1-3-11(2)15(18-8-6-17-7-9-18)13-10-12(19(20)21)4-5-14(13)16;;/h4-5,10-11,15,17H,3,6-9H2,1-2H3;2*1H/t11?,15-;;/m0../s1. The number of halogens is 3. The Kier molecular flexibility index (Phi) is 9.61. The lowest BCUT2D eigenvalue weighted by Gasteiger charge is -2.38. The Morgan fingerprint density at radius 2 is 1.96 bits per heavy atom. The number of piperazine rings is 1. The van der Waals surface area contributed by atoms with Crippen LogP contribution in [0.25, 0.3) is 0 Å². The summed E-state index contributed by atoms with van der Waals surface area (Å²) in [6.07, 6.45) is 0.900. The number of nitro groups is 1. The number of hydrogen-bond donors (Lipinski definition) is 1. The maximum Gasteiger partial charge on any atom is 0.269 e. The van der Waals surface area contributed by atoms with E-state index in [-0.39, 0.29) is 48.3 Å². The Bertz CT molecular complexity index is 513. The molecule has 1 fully saturated rings. The first-order valence-electron chi connectivity index (χ1n) is 7.43. The van der Waals surface area contributed by atoms with E-state index in [1.54, 1.807) is 0 Å². The summed E-state index contributed by atoms with van der Waals surface area (Å²) in [5, 5.41) is 14.2. The van der Waals surface area contributed by atoms with Gasteiger partial charge in [0.15, 0.2) is 0 Å². The van der Waals surface area contributed by atoms with Gasteiger partial charge < -0.3 is 5.32 Å². The smallest absolute Gasteiger partial charge is 0.269 e. The fraction of sp³-hybridized carbons (Fsp3) is 0.600. The zero-order valence-corrected chi connectivity index (χ0v) is 15.0. The fourth-order valence-electron chi connectivity index (χ4n) is 2.92. The molecule has 0 bridgehead atoms. The SMILES string of the molecule is CCC(C)[C@@H](c1cc([N+](=O)[O-])ccc1F)N1CCNCC1.Cl.Cl. The predicted octanol–water partition coefficient (Wildman–Crippen LogP) is 3.57. The van der Waals surface area contributed by atoms with Gasteiger partial charge in [0.2, 0.25) is 0 Å². The van der Waals surface area contributed by atoms with Gasteiger partial charge in [-0.2, -0.15) is 0 Å². The molecule has 1 aromatic carbocycles. The number of benzene rings is 1. The first kappa shape index (κ1) is 22.1. The molecule has 0 amide bonds. The van der Waals surface area contributed by atoms with Gasteiger partial charge in [-0.1, -0.05) is 20.3 Å². The van der Waals surface area contributed by atoms with E-state index < -0.39 is 4.92 Å². The fourth-order valence-corrected chi connectivity index (χ4v) is 2.92. The van der Waals surface area contributed by atoms with Crippen LogP contribution >= 0.6 is 24.8 Å². The third-order valence-electron chi connectivity index (χ3n) is 4.24. The van der Waals surface area contributed by atoms with Crippen LogP contribution in [0.4, 0.5) is 10.1 Å². The van der Waals surface area contributed by atoms with Crippen LogP contribution in [0, 0.1) is 21.8 Å². The summed E-state index contributed by atoms with van der Waals surface area (Å²) in [5.41, 5.74) is 0.398. The van der Waals surface area contributed by atoms with Gasteiger partial charge in [-0.25, -0.2) is 4.39 Å². The zero-order chi connectivity index (χ0) is 15.4. The third kappa shape index (κ3) is 5.28. The molecule has 132 valence electrons. The molecule has 1 aliphatic heterocycles. The first-order valence-corrected chi connectivity index (χ1v) is 7.43. The second kappa shape index (κ2) is 10.0. The van der Waals surface area contributed by atoms with E-state index in [4.69, 9.17) is 0 Å². The van der Waals surface area contributed by atoms with E-state index >= 15 is 0 Å². The maximum absolute atomic E-state index is 14.3. The van der Waals surface area contributed by atoms with Gasteiger partial charge >= 0.3 is 0 Å². The molecule has 0 spiro atoms. The molecule has 0 aliphatic carbocycles.